The molecule has 0 spiro atoms. The largest absolute Gasteiger partial charge is 0.493 e. The van der Waals surface area contributed by atoms with E-state index in [2.05, 4.69) is 26.1 Å². The molecule has 1 N–H and O–H groups in total. The van der Waals surface area contributed by atoms with Gasteiger partial charge in [0.05, 0.1) is 31.9 Å². The molecule has 0 unspecified atom stereocenters. The molecule has 4 rings (SSSR count). The molecular formula is C22H20N6O3S. The van der Waals surface area contributed by atoms with Gasteiger partial charge in [0.25, 0.3) is 5.91 Å². The second kappa shape index (κ2) is 9.92. The molecule has 9 nitrogen and oxygen atoms in total. The first-order valence-electron chi connectivity index (χ1n) is 9.63. The van der Waals surface area contributed by atoms with Crippen LogP contribution in [0.15, 0.2) is 70.9 Å². The summed E-state index contributed by atoms with van der Waals surface area (Å²) in [5.74, 6) is 0.924. The van der Waals surface area contributed by atoms with Gasteiger partial charge in [0, 0.05) is 10.9 Å². The summed E-state index contributed by atoms with van der Waals surface area (Å²) in [5.41, 5.74) is 4.03. The zero-order chi connectivity index (χ0) is 22.3. The predicted molar refractivity (Wildman–Crippen MR) is 123 cm³/mol. The van der Waals surface area contributed by atoms with Gasteiger partial charge in [0.15, 0.2) is 11.5 Å². The molecule has 0 fully saturated rings. The van der Waals surface area contributed by atoms with E-state index in [1.807, 2.05) is 54.6 Å². The highest BCUT2D eigenvalue weighted by atomic mass is 32.2. The minimum Gasteiger partial charge on any atom is -0.493 e. The lowest BCUT2D eigenvalue weighted by Gasteiger charge is -2.09. The lowest BCUT2D eigenvalue weighted by Crippen LogP contribution is -2.20. The Morgan fingerprint density at radius 2 is 1.91 bits per heavy atom. The van der Waals surface area contributed by atoms with Crippen LogP contribution in [0, 0.1) is 0 Å². The van der Waals surface area contributed by atoms with E-state index in [1.165, 1.54) is 18.0 Å². The second-order valence-corrected chi connectivity index (χ2v) is 7.48. The average molecular weight is 449 g/mol. The van der Waals surface area contributed by atoms with E-state index in [0.29, 0.717) is 22.2 Å². The Morgan fingerprint density at radius 1 is 1.09 bits per heavy atom. The number of thioether (sulfide) groups is 1. The van der Waals surface area contributed by atoms with Gasteiger partial charge in [0.1, 0.15) is 0 Å². The lowest BCUT2D eigenvalue weighted by atomic mass is 10.1. The van der Waals surface area contributed by atoms with Gasteiger partial charge in [0.2, 0.25) is 5.16 Å². The molecule has 32 heavy (non-hydrogen) atoms. The number of fused-ring (bicyclic) bond motifs is 1. The van der Waals surface area contributed by atoms with E-state index in [0.717, 1.165) is 16.5 Å². The summed E-state index contributed by atoms with van der Waals surface area (Å²) in [5, 5.41) is 18.6. The lowest BCUT2D eigenvalue weighted by molar-refractivity contribution is -0.118. The zero-order valence-electron chi connectivity index (χ0n) is 17.4. The van der Waals surface area contributed by atoms with Crippen molar-refractivity contribution < 1.29 is 14.3 Å². The Kier molecular flexibility index (Phi) is 6.61. The van der Waals surface area contributed by atoms with Crippen molar-refractivity contribution in [3.8, 4) is 17.2 Å². The summed E-state index contributed by atoms with van der Waals surface area (Å²) in [6.45, 7) is 0. The number of nitrogens with zero attached hydrogens (tertiary/aromatic N) is 5. The summed E-state index contributed by atoms with van der Waals surface area (Å²) in [6, 6.07) is 19.3. The number of methoxy groups -OCH3 is 2. The Balaban J connectivity index is 1.42. The molecule has 0 bridgehead atoms. The molecule has 1 heterocycles. The third-order valence-corrected chi connectivity index (χ3v) is 5.51. The molecule has 10 heteroatoms. The number of para-hydroxylation sites is 1. The smallest absolute Gasteiger partial charge is 0.250 e. The van der Waals surface area contributed by atoms with E-state index < -0.39 is 0 Å². The maximum atomic E-state index is 12.3. The minimum atomic E-state index is -0.291. The van der Waals surface area contributed by atoms with Gasteiger partial charge in [-0.1, -0.05) is 54.2 Å². The number of carbonyl (C=O) groups excluding carboxylic acids is 1. The highest BCUT2D eigenvalue weighted by Crippen LogP contribution is 2.29. The molecule has 4 aromatic rings. The molecule has 0 radical (unpaired) electrons. The van der Waals surface area contributed by atoms with Crippen molar-refractivity contribution in [2.75, 3.05) is 20.0 Å². The molecular weight excluding hydrogens is 428 g/mol. The van der Waals surface area contributed by atoms with Crippen molar-refractivity contribution in [1.82, 2.24) is 25.6 Å². The molecule has 1 amide bonds. The summed E-state index contributed by atoms with van der Waals surface area (Å²) < 4.78 is 12.2. The normalized spacial score (nSPS) is 11.1. The quantitative estimate of drug-likeness (QED) is 0.251. The number of hydrogen-bond acceptors (Lipinski definition) is 8. The molecule has 0 saturated heterocycles. The molecule has 162 valence electrons. The standard InChI is InChI=1S/C22H20N6O3S/c1-30-19-12-6-9-16(21(19)31-2)13-23-24-20(29)14-32-22-25-26-27-28(22)18-11-5-8-15-7-3-4-10-17(15)18/h3-13H,14H2,1-2H3,(H,24,29)/b23-13+. The predicted octanol–water partition coefficient (Wildman–Crippen LogP) is 3.08. The van der Waals surface area contributed by atoms with Gasteiger partial charge >= 0.3 is 0 Å². The van der Waals surface area contributed by atoms with Crippen molar-refractivity contribution >= 4 is 34.7 Å². The van der Waals surface area contributed by atoms with Crippen LogP contribution in [-0.4, -0.2) is 52.3 Å². The molecule has 0 atom stereocenters. The Bertz CT molecular complexity index is 1270. The number of amides is 1. The monoisotopic (exact) mass is 448 g/mol. The maximum Gasteiger partial charge on any atom is 0.250 e. The van der Waals surface area contributed by atoms with E-state index in [-0.39, 0.29) is 11.7 Å². The third-order valence-electron chi connectivity index (χ3n) is 4.59. The topological polar surface area (TPSA) is 104 Å². The van der Waals surface area contributed by atoms with Crippen molar-refractivity contribution in [3.05, 3.63) is 66.2 Å². The Labute approximate surface area is 188 Å². The van der Waals surface area contributed by atoms with Crippen LogP contribution >= 0.6 is 11.8 Å². The minimum absolute atomic E-state index is 0.0950. The van der Waals surface area contributed by atoms with E-state index in [4.69, 9.17) is 9.47 Å². The van der Waals surface area contributed by atoms with Crippen molar-refractivity contribution in [2.24, 2.45) is 5.10 Å². The number of carbonyl (C=O) groups is 1. The molecule has 0 aliphatic rings. The van der Waals surface area contributed by atoms with Crippen LogP contribution in [0.1, 0.15) is 5.56 Å². The van der Waals surface area contributed by atoms with Crippen LogP contribution in [0.2, 0.25) is 0 Å². The fourth-order valence-electron chi connectivity index (χ4n) is 3.16. The highest BCUT2D eigenvalue weighted by molar-refractivity contribution is 7.99. The number of hydrogen-bond donors (Lipinski definition) is 1. The van der Waals surface area contributed by atoms with Crippen LogP contribution in [0.25, 0.3) is 16.5 Å². The SMILES string of the molecule is COc1cccc(/C=N/NC(=O)CSc2nnnn2-c2cccc3ccccc23)c1OC. The van der Waals surface area contributed by atoms with Gasteiger partial charge in [-0.05, 0) is 34.0 Å². The van der Waals surface area contributed by atoms with Crippen LogP contribution in [0.3, 0.4) is 0 Å². The van der Waals surface area contributed by atoms with Crippen LogP contribution in [0.4, 0.5) is 0 Å². The number of aromatic nitrogens is 4. The molecule has 1 aromatic heterocycles. The van der Waals surface area contributed by atoms with Crippen LogP contribution in [0.5, 0.6) is 11.5 Å². The molecule has 0 aliphatic carbocycles. The summed E-state index contributed by atoms with van der Waals surface area (Å²) in [7, 11) is 3.11. The van der Waals surface area contributed by atoms with E-state index >= 15 is 0 Å². The zero-order valence-corrected chi connectivity index (χ0v) is 18.2. The van der Waals surface area contributed by atoms with Crippen molar-refractivity contribution in [1.29, 1.82) is 0 Å². The summed E-state index contributed by atoms with van der Waals surface area (Å²) in [4.78, 5) is 12.3. The molecule has 0 saturated carbocycles. The van der Waals surface area contributed by atoms with Crippen LogP contribution < -0.4 is 14.9 Å². The third kappa shape index (κ3) is 4.54. The number of tetrazole rings is 1. The first kappa shape index (κ1) is 21.3. The Hall–Kier alpha value is -3.92. The molecule has 0 aliphatic heterocycles. The number of benzene rings is 3. The van der Waals surface area contributed by atoms with Crippen molar-refractivity contribution in [2.45, 2.75) is 5.16 Å². The van der Waals surface area contributed by atoms with Gasteiger partial charge in [-0.2, -0.15) is 9.78 Å². The number of ether oxygens (including phenoxy) is 2. The van der Waals surface area contributed by atoms with Crippen molar-refractivity contribution in [3.63, 3.8) is 0 Å². The Morgan fingerprint density at radius 3 is 2.75 bits per heavy atom. The van der Waals surface area contributed by atoms with Gasteiger partial charge in [-0.25, -0.2) is 5.43 Å². The first-order chi connectivity index (χ1) is 15.7. The number of rotatable bonds is 8. The number of hydrazone groups is 1. The highest BCUT2D eigenvalue weighted by Gasteiger charge is 2.13. The fourth-order valence-corrected chi connectivity index (χ4v) is 3.84. The molecule has 3 aromatic carbocycles. The first-order valence-corrected chi connectivity index (χ1v) is 10.6. The fraction of sp³-hybridized carbons (Fsp3) is 0.136. The van der Waals surface area contributed by atoms with E-state index in [1.54, 1.807) is 25.0 Å². The van der Waals surface area contributed by atoms with E-state index in [9.17, 15) is 4.79 Å². The van der Waals surface area contributed by atoms with Gasteiger partial charge < -0.3 is 9.47 Å². The summed E-state index contributed by atoms with van der Waals surface area (Å²) >= 11 is 1.22. The second-order valence-electron chi connectivity index (χ2n) is 6.54. The summed E-state index contributed by atoms with van der Waals surface area (Å²) in [6.07, 6.45) is 1.50. The maximum absolute atomic E-state index is 12.3. The average Bonchev–Trinajstić information content (AvgIpc) is 3.30. The number of nitrogens with one attached hydrogen (secondary N) is 1. The van der Waals surface area contributed by atoms with Crippen LogP contribution in [-0.2, 0) is 4.79 Å². The van der Waals surface area contributed by atoms with Gasteiger partial charge in [-0.15, -0.1) is 5.10 Å². The van der Waals surface area contributed by atoms with Gasteiger partial charge in [-0.3, -0.25) is 4.79 Å².